The lowest BCUT2D eigenvalue weighted by molar-refractivity contribution is 0.561. The van der Waals surface area contributed by atoms with Crippen LogP contribution in [0.2, 0.25) is 5.02 Å². The quantitative estimate of drug-likeness (QED) is 0.844. The van der Waals surface area contributed by atoms with Crippen molar-refractivity contribution in [3.05, 3.63) is 53.4 Å². The van der Waals surface area contributed by atoms with Crippen LogP contribution in [-0.4, -0.2) is 5.75 Å². The minimum atomic E-state index is -0.0114. The predicted octanol–water partition coefficient (Wildman–Crippen LogP) is 3.73. The topological polar surface area (TPSA) is 39.2 Å². The van der Waals surface area contributed by atoms with Crippen molar-refractivity contribution >= 4 is 23.4 Å². The third kappa shape index (κ3) is 3.04. The molecular formula is C12H12ClNOS. The van der Waals surface area contributed by atoms with E-state index in [1.165, 1.54) is 0 Å². The monoisotopic (exact) mass is 253 g/mol. The molecule has 0 saturated heterocycles. The van der Waals surface area contributed by atoms with Gasteiger partial charge in [0.15, 0.2) is 0 Å². The van der Waals surface area contributed by atoms with E-state index >= 15 is 0 Å². The highest BCUT2D eigenvalue weighted by molar-refractivity contribution is 7.99. The highest BCUT2D eigenvalue weighted by Gasteiger charge is 2.07. The van der Waals surface area contributed by atoms with E-state index in [0.717, 1.165) is 21.2 Å². The zero-order valence-electron chi connectivity index (χ0n) is 8.60. The van der Waals surface area contributed by atoms with Gasteiger partial charge in [0.05, 0.1) is 12.5 Å². The third-order valence-electron chi connectivity index (χ3n) is 2.20. The minimum absolute atomic E-state index is 0.0114. The van der Waals surface area contributed by atoms with Crippen LogP contribution in [0.3, 0.4) is 0 Å². The van der Waals surface area contributed by atoms with Crippen LogP contribution in [-0.2, 0) is 0 Å². The standard InChI is InChI=1S/C12H12ClNOS/c13-10-2-1-3-11(6-10)16-8-12(14)9-4-5-15-7-9/h1-7,12H,8,14H2. The SMILES string of the molecule is NC(CSc1cccc(Cl)c1)c1ccoc1. The Labute approximate surface area is 104 Å². The van der Waals surface area contributed by atoms with Gasteiger partial charge in [-0.3, -0.25) is 0 Å². The molecule has 0 aliphatic heterocycles. The summed E-state index contributed by atoms with van der Waals surface area (Å²) in [6.45, 7) is 0. The highest BCUT2D eigenvalue weighted by Crippen LogP contribution is 2.25. The summed E-state index contributed by atoms with van der Waals surface area (Å²) in [5, 5.41) is 0.752. The Hall–Kier alpha value is -0.900. The zero-order chi connectivity index (χ0) is 11.4. The fourth-order valence-corrected chi connectivity index (χ4v) is 2.53. The molecule has 0 radical (unpaired) electrons. The van der Waals surface area contributed by atoms with Crippen molar-refractivity contribution in [1.29, 1.82) is 0 Å². The number of thioether (sulfide) groups is 1. The number of halogens is 1. The van der Waals surface area contributed by atoms with Crippen molar-refractivity contribution in [2.45, 2.75) is 10.9 Å². The van der Waals surface area contributed by atoms with E-state index in [9.17, 15) is 0 Å². The van der Waals surface area contributed by atoms with Gasteiger partial charge in [0.2, 0.25) is 0 Å². The lowest BCUT2D eigenvalue weighted by Crippen LogP contribution is -2.11. The normalized spacial score (nSPS) is 12.6. The second kappa shape index (κ2) is 5.43. The van der Waals surface area contributed by atoms with Gasteiger partial charge < -0.3 is 10.2 Å². The van der Waals surface area contributed by atoms with Crippen LogP contribution in [0.1, 0.15) is 11.6 Å². The van der Waals surface area contributed by atoms with Gasteiger partial charge in [-0.2, -0.15) is 0 Å². The van der Waals surface area contributed by atoms with Crippen LogP contribution in [0.4, 0.5) is 0 Å². The van der Waals surface area contributed by atoms with Gasteiger partial charge in [0, 0.05) is 27.3 Å². The molecule has 16 heavy (non-hydrogen) atoms. The molecule has 2 rings (SSSR count). The maximum Gasteiger partial charge on any atom is 0.0950 e. The maximum absolute atomic E-state index is 6.01. The second-order valence-corrected chi connectivity index (χ2v) is 4.96. The molecule has 0 aliphatic carbocycles. The first-order valence-electron chi connectivity index (χ1n) is 4.92. The zero-order valence-corrected chi connectivity index (χ0v) is 10.2. The van der Waals surface area contributed by atoms with Gasteiger partial charge in [-0.15, -0.1) is 11.8 Å². The fourth-order valence-electron chi connectivity index (χ4n) is 1.32. The largest absolute Gasteiger partial charge is 0.472 e. The van der Waals surface area contributed by atoms with E-state index in [2.05, 4.69) is 0 Å². The Morgan fingerprint density at radius 2 is 2.25 bits per heavy atom. The molecule has 2 nitrogen and oxygen atoms in total. The molecule has 0 amide bonds. The van der Waals surface area contributed by atoms with Crippen molar-refractivity contribution in [2.75, 3.05) is 5.75 Å². The molecule has 1 unspecified atom stereocenters. The number of hydrogen-bond donors (Lipinski definition) is 1. The molecule has 0 saturated carbocycles. The summed E-state index contributed by atoms with van der Waals surface area (Å²) < 4.78 is 5.00. The molecule has 4 heteroatoms. The van der Waals surface area contributed by atoms with Crippen molar-refractivity contribution in [3.63, 3.8) is 0 Å². The average molecular weight is 254 g/mol. The number of rotatable bonds is 4. The summed E-state index contributed by atoms with van der Waals surface area (Å²) in [6, 6.07) is 9.65. The molecule has 1 atom stereocenters. The third-order valence-corrected chi connectivity index (χ3v) is 3.55. The molecule has 0 aliphatic rings. The van der Waals surface area contributed by atoms with Gasteiger partial charge in [0.25, 0.3) is 0 Å². The molecule has 1 aromatic carbocycles. The van der Waals surface area contributed by atoms with Crippen LogP contribution in [0.15, 0.2) is 52.2 Å². The van der Waals surface area contributed by atoms with E-state index in [4.69, 9.17) is 21.8 Å². The smallest absolute Gasteiger partial charge is 0.0950 e. The molecule has 2 aromatic rings. The van der Waals surface area contributed by atoms with Crippen molar-refractivity contribution < 1.29 is 4.42 Å². The van der Waals surface area contributed by atoms with Crippen LogP contribution >= 0.6 is 23.4 Å². The van der Waals surface area contributed by atoms with E-state index in [1.807, 2.05) is 30.3 Å². The molecule has 1 aromatic heterocycles. The first-order valence-corrected chi connectivity index (χ1v) is 6.28. The highest BCUT2D eigenvalue weighted by atomic mass is 35.5. The Morgan fingerprint density at radius 1 is 1.38 bits per heavy atom. The molecule has 0 spiro atoms. The van der Waals surface area contributed by atoms with E-state index < -0.39 is 0 Å². The molecular weight excluding hydrogens is 242 g/mol. The Morgan fingerprint density at radius 3 is 2.94 bits per heavy atom. The Balaban J connectivity index is 1.92. The van der Waals surface area contributed by atoms with Crippen LogP contribution in [0.5, 0.6) is 0 Å². The predicted molar refractivity (Wildman–Crippen MR) is 67.8 cm³/mol. The molecule has 84 valence electrons. The number of hydrogen-bond acceptors (Lipinski definition) is 3. The van der Waals surface area contributed by atoms with Crippen molar-refractivity contribution in [1.82, 2.24) is 0 Å². The summed E-state index contributed by atoms with van der Waals surface area (Å²) in [4.78, 5) is 1.13. The summed E-state index contributed by atoms with van der Waals surface area (Å²) in [6.07, 6.45) is 3.32. The first kappa shape index (κ1) is 11.6. The molecule has 0 fully saturated rings. The lowest BCUT2D eigenvalue weighted by atomic mass is 10.2. The van der Waals surface area contributed by atoms with Crippen LogP contribution < -0.4 is 5.73 Å². The summed E-state index contributed by atoms with van der Waals surface area (Å²) in [5.74, 6) is 0.805. The van der Waals surface area contributed by atoms with Gasteiger partial charge in [-0.1, -0.05) is 17.7 Å². The second-order valence-electron chi connectivity index (χ2n) is 3.43. The van der Waals surface area contributed by atoms with Crippen LogP contribution in [0, 0.1) is 0 Å². The number of benzene rings is 1. The van der Waals surface area contributed by atoms with Gasteiger partial charge >= 0.3 is 0 Å². The number of nitrogens with two attached hydrogens (primary N) is 1. The lowest BCUT2D eigenvalue weighted by Gasteiger charge is -2.08. The summed E-state index contributed by atoms with van der Waals surface area (Å²) in [7, 11) is 0. The fraction of sp³-hybridized carbons (Fsp3) is 0.167. The van der Waals surface area contributed by atoms with E-state index in [0.29, 0.717) is 0 Å². The maximum atomic E-state index is 6.01. The molecule has 0 bridgehead atoms. The van der Waals surface area contributed by atoms with Gasteiger partial charge in [-0.05, 0) is 24.3 Å². The Kier molecular flexibility index (Phi) is 3.93. The van der Waals surface area contributed by atoms with Crippen molar-refractivity contribution in [2.24, 2.45) is 5.73 Å². The average Bonchev–Trinajstić information content (AvgIpc) is 2.79. The first-order chi connectivity index (χ1) is 7.75. The van der Waals surface area contributed by atoms with Gasteiger partial charge in [0.1, 0.15) is 0 Å². The van der Waals surface area contributed by atoms with E-state index in [-0.39, 0.29) is 6.04 Å². The van der Waals surface area contributed by atoms with E-state index in [1.54, 1.807) is 24.3 Å². The van der Waals surface area contributed by atoms with Crippen LogP contribution in [0.25, 0.3) is 0 Å². The number of furan rings is 1. The Bertz CT molecular complexity index is 444. The summed E-state index contributed by atoms with van der Waals surface area (Å²) >= 11 is 7.59. The molecule has 1 heterocycles. The summed E-state index contributed by atoms with van der Waals surface area (Å²) in [5.41, 5.74) is 7.03. The minimum Gasteiger partial charge on any atom is -0.472 e. The molecule has 2 N–H and O–H groups in total. The van der Waals surface area contributed by atoms with Crippen molar-refractivity contribution in [3.8, 4) is 0 Å². The van der Waals surface area contributed by atoms with Gasteiger partial charge in [-0.25, -0.2) is 0 Å².